The predicted octanol–water partition coefficient (Wildman–Crippen LogP) is 3.34. The first kappa shape index (κ1) is 13.6. The van der Waals surface area contributed by atoms with Gasteiger partial charge in [-0.1, -0.05) is 18.2 Å². The van der Waals surface area contributed by atoms with Gasteiger partial charge in [0.2, 0.25) is 0 Å². The van der Waals surface area contributed by atoms with Crippen molar-refractivity contribution in [3.63, 3.8) is 0 Å². The summed E-state index contributed by atoms with van der Waals surface area (Å²) in [6.45, 7) is 1.86. The number of nitrogens with zero attached hydrogens (tertiary/aromatic N) is 1. The first-order valence-electron chi connectivity index (χ1n) is 6.49. The zero-order valence-electron chi connectivity index (χ0n) is 11.4. The maximum atomic E-state index is 12.4. The fraction of sp³-hybridized carbons (Fsp3) is 0.0625. The molecular weight excluding hydrogens is 284 g/mol. The van der Waals surface area contributed by atoms with Gasteiger partial charge in [0.15, 0.2) is 0 Å². The Balaban J connectivity index is 1.97. The first-order chi connectivity index (χ1) is 10.0. The Bertz CT molecular complexity index is 905. The summed E-state index contributed by atoms with van der Waals surface area (Å²) in [5, 5.41) is 0.891. The highest BCUT2D eigenvalue weighted by Crippen LogP contribution is 2.20. The number of nitrogens with one attached hydrogen (secondary N) is 1. The van der Waals surface area contributed by atoms with Crippen molar-refractivity contribution in [3.8, 4) is 0 Å². The molecule has 5 heteroatoms. The van der Waals surface area contributed by atoms with E-state index in [0.717, 1.165) is 16.5 Å². The van der Waals surface area contributed by atoms with Gasteiger partial charge in [-0.05, 0) is 48.9 Å². The van der Waals surface area contributed by atoms with Crippen LogP contribution < -0.4 is 4.72 Å². The summed E-state index contributed by atoms with van der Waals surface area (Å²) in [4.78, 5) is 4.47. The van der Waals surface area contributed by atoms with E-state index in [4.69, 9.17) is 0 Å². The number of aromatic nitrogens is 1. The van der Waals surface area contributed by atoms with E-state index >= 15 is 0 Å². The summed E-state index contributed by atoms with van der Waals surface area (Å²) < 4.78 is 27.3. The van der Waals surface area contributed by atoms with E-state index in [1.54, 1.807) is 42.6 Å². The molecule has 106 valence electrons. The molecule has 0 radical (unpaired) electrons. The van der Waals surface area contributed by atoms with Crippen LogP contribution in [0.25, 0.3) is 10.9 Å². The third-order valence-corrected chi connectivity index (χ3v) is 4.53. The Morgan fingerprint density at radius 3 is 2.67 bits per heavy atom. The number of hydrogen-bond donors (Lipinski definition) is 1. The van der Waals surface area contributed by atoms with Crippen LogP contribution in [0.1, 0.15) is 5.56 Å². The zero-order chi connectivity index (χ0) is 14.9. The van der Waals surface area contributed by atoms with Gasteiger partial charge < -0.3 is 0 Å². The molecule has 3 rings (SSSR count). The molecule has 1 heterocycles. The first-order valence-corrected chi connectivity index (χ1v) is 7.97. The van der Waals surface area contributed by atoms with Gasteiger partial charge in [0.05, 0.1) is 10.4 Å². The van der Waals surface area contributed by atoms with Gasteiger partial charge in [0.25, 0.3) is 10.0 Å². The second-order valence-electron chi connectivity index (χ2n) is 4.83. The van der Waals surface area contributed by atoms with E-state index < -0.39 is 10.0 Å². The number of anilines is 1. The van der Waals surface area contributed by atoms with Crippen molar-refractivity contribution in [2.24, 2.45) is 0 Å². The number of hydrogen-bond acceptors (Lipinski definition) is 3. The van der Waals surface area contributed by atoms with Gasteiger partial charge in [-0.15, -0.1) is 0 Å². The lowest BCUT2D eigenvalue weighted by atomic mass is 10.2. The van der Waals surface area contributed by atoms with E-state index in [-0.39, 0.29) is 4.90 Å². The van der Waals surface area contributed by atoms with Crippen molar-refractivity contribution in [1.29, 1.82) is 0 Å². The Morgan fingerprint density at radius 2 is 1.86 bits per heavy atom. The summed E-state index contributed by atoms with van der Waals surface area (Å²) in [6, 6.07) is 15.8. The highest BCUT2D eigenvalue weighted by molar-refractivity contribution is 7.92. The van der Waals surface area contributed by atoms with Crippen LogP contribution in [0.3, 0.4) is 0 Å². The molecule has 0 saturated heterocycles. The molecule has 0 aliphatic rings. The minimum absolute atomic E-state index is 0.258. The number of sulfonamides is 1. The van der Waals surface area contributed by atoms with Crippen molar-refractivity contribution in [3.05, 3.63) is 66.4 Å². The lowest BCUT2D eigenvalue weighted by Gasteiger charge is -2.09. The van der Waals surface area contributed by atoms with Crippen molar-refractivity contribution < 1.29 is 8.42 Å². The predicted molar refractivity (Wildman–Crippen MR) is 83.7 cm³/mol. The largest absolute Gasteiger partial charge is 0.280 e. The third-order valence-electron chi connectivity index (χ3n) is 3.16. The molecule has 0 fully saturated rings. The van der Waals surface area contributed by atoms with E-state index in [9.17, 15) is 8.42 Å². The van der Waals surface area contributed by atoms with Crippen LogP contribution in [0.2, 0.25) is 0 Å². The third kappa shape index (κ3) is 2.87. The number of rotatable bonds is 3. The Hall–Kier alpha value is -2.40. The van der Waals surface area contributed by atoms with E-state index in [1.807, 2.05) is 25.1 Å². The average Bonchev–Trinajstić information content (AvgIpc) is 2.47. The van der Waals surface area contributed by atoms with E-state index in [2.05, 4.69) is 9.71 Å². The second-order valence-corrected chi connectivity index (χ2v) is 6.52. The highest BCUT2D eigenvalue weighted by atomic mass is 32.2. The van der Waals surface area contributed by atoms with Gasteiger partial charge in [-0.3, -0.25) is 9.71 Å². The van der Waals surface area contributed by atoms with Crippen LogP contribution in [0, 0.1) is 6.92 Å². The highest BCUT2D eigenvalue weighted by Gasteiger charge is 2.14. The molecule has 0 saturated carbocycles. The van der Waals surface area contributed by atoms with Crippen LogP contribution >= 0.6 is 0 Å². The van der Waals surface area contributed by atoms with Crippen molar-refractivity contribution in [2.45, 2.75) is 11.8 Å². The van der Waals surface area contributed by atoms with Crippen molar-refractivity contribution in [2.75, 3.05) is 4.72 Å². The number of benzene rings is 2. The summed E-state index contributed by atoms with van der Waals surface area (Å²) in [7, 11) is -3.57. The van der Waals surface area contributed by atoms with Crippen molar-refractivity contribution >= 4 is 26.6 Å². The molecular formula is C16H14N2O2S. The molecule has 1 aromatic heterocycles. The lowest BCUT2D eigenvalue weighted by molar-refractivity contribution is 0.601. The molecule has 0 atom stereocenters. The number of fused-ring (bicyclic) bond motifs is 1. The molecule has 2 aromatic carbocycles. The molecule has 0 spiro atoms. The Kier molecular flexibility index (Phi) is 3.35. The molecule has 0 aliphatic heterocycles. The van der Waals surface area contributed by atoms with E-state index in [1.165, 1.54) is 0 Å². The quantitative estimate of drug-likeness (QED) is 0.806. The molecule has 0 aliphatic carbocycles. The maximum absolute atomic E-state index is 12.4. The Labute approximate surface area is 123 Å². The average molecular weight is 298 g/mol. The van der Waals surface area contributed by atoms with Gasteiger partial charge in [0.1, 0.15) is 0 Å². The minimum atomic E-state index is -3.57. The normalized spacial score (nSPS) is 11.5. The SMILES string of the molecule is Cc1cccc(S(=O)(=O)Nc2ccc3ncccc3c2)c1. The number of aryl methyl sites for hydroxylation is 1. The van der Waals surface area contributed by atoms with Crippen LogP contribution in [0.15, 0.2) is 65.7 Å². The van der Waals surface area contributed by atoms with Crippen LogP contribution in [-0.4, -0.2) is 13.4 Å². The van der Waals surface area contributed by atoms with Gasteiger partial charge in [0, 0.05) is 17.3 Å². The van der Waals surface area contributed by atoms with Gasteiger partial charge in [-0.25, -0.2) is 8.42 Å². The van der Waals surface area contributed by atoms with Crippen LogP contribution in [0.4, 0.5) is 5.69 Å². The smallest absolute Gasteiger partial charge is 0.261 e. The molecule has 21 heavy (non-hydrogen) atoms. The van der Waals surface area contributed by atoms with Gasteiger partial charge >= 0.3 is 0 Å². The summed E-state index contributed by atoms with van der Waals surface area (Å²) >= 11 is 0. The second kappa shape index (κ2) is 5.18. The van der Waals surface area contributed by atoms with Crippen LogP contribution in [-0.2, 0) is 10.0 Å². The van der Waals surface area contributed by atoms with E-state index in [0.29, 0.717) is 5.69 Å². The van der Waals surface area contributed by atoms with Crippen LogP contribution in [0.5, 0.6) is 0 Å². The van der Waals surface area contributed by atoms with Crippen molar-refractivity contribution in [1.82, 2.24) is 4.98 Å². The summed E-state index contributed by atoms with van der Waals surface area (Å²) in [6.07, 6.45) is 1.71. The molecule has 0 unspecified atom stereocenters. The lowest BCUT2D eigenvalue weighted by Crippen LogP contribution is -2.13. The summed E-state index contributed by atoms with van der Waals surface area (Å²) in [5.41, 5.74) is 2.26. The zero-order valence-corrected chi connectivity index (χ0v) is 12.3. The fourth-order valence-corrected chi connectivity index (χ4v) is 3.29. The molecule has 0 bridgehead atoms. The topological polar surface area (TPSA) is 59.1 Å². The van der Waals surface area contributed by atoms with Gasteiger partial charge in [-0.2, -0.15) is 0 Å². The molecule has 4 nitrogen and oxygen atoms in total. The molecule has 0 amide bonds. The standard InChI is InChI=1S/C16H14N2O2S/c1-12-4-2-6-15(10-12)21(19,20)18-14-7-8-16-13(11-14)5-3-9-17-16/h2-11,18H,1H3. The summed E-state index contributed by atoms with van der Waals surface area (Å²) in [5.74, 6) is 0. The molecule has 3 aromatic rings. The number of pyridine rings is 1. The monoisotopic (exact) mass is 298 g/mol. The maximum Gasteiger partial charge on any atom is 0.261 e. The Morgan fingerprint density at radius 1 is 1.00 bits per heavy atom. The minimum Gasteiger partial charge on any atom is -0.280 e. The molecule has 1 N–H and O–H groups in total. The fourth-order valence-electron chi connectivity index (χ4n) is 2.14.